The summed E-state index contributed by atoms with van der Waals surface area (Å²) in [5, 5.41) is 3.43. The highest BCUT2D eigenvalue weighted by Gasteiger charge is 2.03. The molecule has 1 aromatic carbocycles. The van der Waals surface area contributed by atoms with Crippen LogP contribution in [0.4, 0.5) is 5.69 Å². The van der Waals surface area contributed by atoms with E-state index in [4.69, 9.17) is 4.74 Å². The molecule has 0 atom stereocenters. The number of aryl methyl sites for hydroxylation is 2. The van der Waals surface area contributed by atoms with Crippen molar-refractivity contribution >= 4 is 5.69 Å². The van der Waals surface area contributed by atoms with Crippen LogP contribution in [0.15, 0.2) is 18.2 Å². The van der Waals surface area contributed by atoms with Crippen LogP contribution in [0.1, 0.15) is 17.5 Å². The first-order valence-electron chi connectivity index (χ1n) is 6.63. The molecule has 1 N–H and O–H groups in total. The van der Waals surface area contributed by atoms with Gasteiger partial charge in [0, 0.05) is 39.5 Å². The van der Waals surface area contributed by atoms with Crippen molar-refractivity contribution in [1.82, 2.24) is 5.32 Å². The van der Waals surface area contributed by atoms with Gasteiger partial charge in [0.05, 0.1) is 0 Å². The van der Waals surface area contributed by atoms with Crippen LogP contribution in [0.2, 0.25) is 0 Å². The third-order valence-electron chi connectivity index (χ3n) is 3.09. The van der Waals surface area contributed by atoms with Gasteiger partial charge in [0.1, 0.15) is 0 Å². The van der Waals surface area contributed by atoms with Crippen LogP contribution < -0.4 is 10.2 Å². The van der Waals surface area contributed by atoms with Crippen molar-refractivity contribution in [2.45, 2.75) is 20.3 Å². The Hall–Kier alpha value is -1.06. The van der Waals surface area contributed by atoms with Gasteiger partial charge in [0.2, 0.25) is 0 Å². The van der Waals surface area contributed by atoms with E-state index in [9.17, 15) is 0 Å². The number of ether oxygens (including phenoxy) is 1. The number of nitrogens with zero attached hydrogens (tertiary/aromatic N) is 1. The molecule has 0 aliphatic heterocycles. The lowest BCUT2D eigenvalue weighted by Gasteiger charge is -2.22. The van der Waals surface area contributed by atoms with Crippen molar-refractivity contribution in [3.63, 3.8) is 0 Å². The molecule has 1 rings (SSSR count). The molecular formula is C15H26N2O. The monoisotopic (exact) mass is 250 g/mol. The van der Waals surface area contributed by atoms with E-state index >= 15 is 0 Å². The zero-order valence-electron chi connectivity index (χ0n) is 12.1. The smallest absolute Gasteiger partial charge is 0.0474 e. The van der Waals surface area contributed by atoms with Crippen LogP contribution in [-0.2, 0) is 4.74 Å². The highest BCUT2D eigenvalue weighted by molar-refractivity contribution is 5.53. The number of methoxy groups -OCH3 is 1. The van der Waals surface area contributed by atoms with Gasteiger partial charge in [0.15, 0.2) is 0 Å². The Morgan fingerprint density at radius 2 is 2.00 bits per heavy atom. The molecule has 0 aliphatic rings. The van der Waals surface area contributed by atoms with Gasteiger partial charge in [0.25, 0.3) is 0 Å². The molecule has 18 heavy (non-hydrogen) atoms. The SMILES string of the molecule is COCCCNCCN(C)c1ccc(C)cc1C. The molecule has 1 aromatic rings. The van der Waals surface area contributed by atoms with Crippen molar-refractivity contribution in [2.24, 2.45) is 0 Å². The molecule has 0 aliphatic carbocycles. The second-order valence-corrected chi connectivity index (χ2v) is 4.81. The summed E-state index contributed by atoms with van der Waals surface area (Å²) in [6.07, 6.45) is 1.07. The lowest BCUT2D eigenvalue weighted by Crippen LogP contribution is -2.30. The topological polar surface area (TPSA) is 24.5 Å². The van der Waals surface area contributed by atoms with Crippen LogP contribution in [0.25, 0.3) is 0 Å². The Kier molecular flexibility index (Phi) is 6.76. The first kappa shape index (κ1) is 15.0. The third-order valence-corrected chi connectivity index (χ3v) is 3.09. The number of nitrogens with one attached hydrogen (secondary N) is 1. The molecule has 0 unspecified atom stereocenters. The lowest BCUT2D eigenvalue weighted by molar-refractivity contribution is 0.194. The number of rotatable bonds is 8. The normalized spacial score (nSPS) is 10.7. The second-order valence-electron chi connectivity index (χ2n) is 4.81. The number of benzene rings is 1. The fourth-order valence-electron chi connectivity index (χ4n) is 2.07. The summed E-state index contributed by atoms with van der Waals surface area (Å²) >= 11 is 0. The Balaban J connectivity index is 2.29. The van der Waals surface area contributed by atoms with E-state index in [0.29, 0.717) is 0 Å². The summed E-state index contributed by atoms with van der Waals surface area (Å²) in [6.45, 7) is 8.19. The van der Waals surface area contributed by atoms with Gasteiger partial charge in [-0.3, -0.25) is 0 Å². The zero-order chi connectivity index (χ0) is 13.4. The fraction of sp³-hybridized carbons (Fsp3) is 0.600. The number of hydrogen-bond donors (Lipinski definition) is 1. The Labute approximate surface area is 111 Å². The molecule has 3 heteroatoms. The van der Waals surface area contributed by atoms with Crippen LogP contribution in [-0.4, -0.2) is 40.4 Å². The predicted octanol–water partition coefficient (Wildman–Crippen LogP) is 2.37. The van der Waals surface area contributed by atoms with Crippen molar-refractivity contribution < 1.29 is 4.74 Å². The Morgan fingerprint density at radius 3 is 2.67 bits per heavy atom. The lowest BCUT2D eigenvalue weighted by atomic mass is 10.1. The van der Waals surface area contributed by atoms with Crippen LogP contribution in [0.5, 0.6) is 0 Å². The van der Waals surface area contributed by atoms with Gasteiger partial charge in [-0.15, -0.1) is 0 Å². The molecule has 102 valence electrons. The fourth-order valence-corrected chi connectivity index (χ4v) is 2.07. The van der Waals surface area contributed by atoms with Gasteiger partial charge < -0.3 is 15.0 Å². The Bertz CT molecular complexity index is 352. The van der Waals surface area contributed by atoms with E-state index in [1.54, 1.807) is 7.11 Å². The average molecular weight is 250 g/mol. The van der Waals surface area contributed by atoms with Crippen LogP contribution in [0.3, 0.4) is 0 Å². The van der Waals surface area contributed by atoms with Gasteiger partial charge in [-0.25, -0.2) is 0 Å². The van der Waals surface area contributed by atoms with E-state index in [-0.39, 0.29) is 0 Å². The van der Waals surface area contributed by atoms with E-state index in [1.165, 1.54) is 16.8 Å². The molecule has 0 saturated carbocycles. The average Bonchev–Trinajstić information content (AvgIpc) is 2.33. The van der Waals surface area contributed by atoms with Gasteiger partial charge in [-0.2, -0.15) is 0 Å². The number of anilines is 1. The zero-order valence-corrected chi connectivity index (χ0v) is 12.1. The minimum Gasteiger partial charge on any atom is -0.385 e. The van der Waals surface area contributed by atoms with Crippen molar-refractivity contribution in [3.8, 4) is 0 Å². The first-order valence-corrected chi connectivity index (χ1v) is 6.63. The molecule has 0 radical (unpaired) electrons. The minimum atomic E-state index is 0.833. The van der Waals surface area contributed by atoms with Crippen molar-refractivity contribution in [3.05, 3.63) is 29.3 Å². The minimum absolute atomic E-state index is 0.833. The molecule has 0 heterocycles. The largest absolute Gasteiger partial charge is 0.385 e. The maximum atomic E-state index is 5.02. The predicted molar refractivity (Wildman–Crippen MR) is 78.5 cm³/mol. The maximum Gasteiger partial charge on any atom is 0.0474 e. The maximum absolute atomic E-state index is 5.02. The molecule has 0 fully saturated rings. The molecular weight excluding hydrogens is 224 g/mol. The van der Waals surface area contributed by atoms with E-state index in [2.05, 4.69) is 49.3 Å². The van der Waals surface area contributed by atoms with Gasteiger partial charge >= 0.3 is 0 Å². The Morgan fingerprint density at radius 1 is 1.22 bits per heavy atom. The summed E-state index contributed by atoms with van der Waals surface area (Å²) < 4.78 is 5.02. The highest BCUT2D eigenvalue weighted by Crippen LogP contribution is 2.19. The van der Waals surface area contributed by atoms with Gasteiger partial charge in [-0.05, 0) is 38.4 Å². The first-order chi connectivity index (χ1) is 8.65. The summed E-state index contributed by atoms with van der Waals surface area (Å²) in [7, 11) is 3.89. The van der Waals surface area contributed by atoms with E-state index in [0.717, 1.165) is 32.7 Å². The summed E-state index contributed by atoms with van der Waals surface area (Å²) in [6, 6.07) is 6.61. The second kappa shape index (κ2) is 8.11. The van der Waals surface area contributed by atoms with E-state index < -0.39 is 0 Å². The van der Waals surface area contributed by atoms with Crippen molar-refractivity contribution in [2.75, 3.05) is 45.3 Å². The summed E-state index contributed by atoms with van der Waals surface area (Å²) in [5.74, 6) is 0. The molecule has 0 saturated heterocycles. The quantitative estimate of drug-likeness (QED) is 0.717. The summed E-state index contributed by atoms with van der Waals surface area (Å²) in [5.41, 5.74) is 3.98. The van der Waals surface area contributed by atoms with Crippen molar-refractivity contribution in [1.29, 1.82) is 0 Å². The number of hydrogen-bond acceptors (Lipinski definition) is 3. The molecule has 0 bridgehead atoms. The molecule has 0 spiro atoms. The molecule has 0 aromatic heterocycles. The van der Waals surface area contributed by atoms with E-state index in [1.807, 2.05) is 0 Å². The number of likely N-dealkylation sites (N-methyl/N-ethyl adjacent to an activating group) is 1. The third kappa shape index (κ3) is 5.07. The van der Waals surface area contributed by atoms with Crippen LogP contribution in [0, 0.1) is 13.8 Å². The van der Waals surface area contributed by atoms with Crippen LogP contribution >= 0.6 is 0 Å². The molecule has 3 nitrogen and oxygen atoms in total. The van der Waals surface area contributed by atoms with Gasteiger partial charge in [-0.1, -0.05) is 17.7 Å². The highest BCUT2D eigenvalue weighted by atomic mass is 16.5. The molecule has 0 amide bonds. The summed E-state index contributed by atoms with van der Waals surface area (Å²) in [4.78, 5) is 2.30. The standard InChI is InChI=1S/C15H26N2O/c1-13-6-7-15(14(2)12-13)17(3)10-9-16-8-5-11-18-4/h6-7,12,16H,5,8-11H2,1-4H3.